The summed E-state index contributed by atoms with van der Waals surface area (Å²) in [5.74, 6) is 0.139. The summed E-state index contributed by atoms with van der Waals surface area (Å²) in [6.07, 6.45) is 1.12. The predicted octanol–water partition coefficient (Wildman–Crippen LogP) is 3.04. The molecule has 0 radical (unpaired) electrons. The molecule has 2 aromatic heterocycles. The van der Waals surface area contributed by atoms with Gasteiger partial charge in [0, 0.05) is 17.6 Å². The van der Waals surface area contributed by atoms with E-state index in [1.165, 1.54) is 11.3 Å². The van der Waals surface area contributed by atoms with E-state index in [2.05, 4.69) is 15.4 Å². The van der Waals surface area contributed by atoms with Gasteiger partial charge in [-0.05, 0) is 26.0 Å². The minimum Gasteiger partial charge on any atom is -0.463 e. The molecule has 0 saturated carbocycles. The Hall–Kier alpha value is -2.67. The predicted molar refractivity (Wildman–Crippen MR) is 89.1 cm³/mol. The molecule has 23 heavy (non-hydrogen) atoms. The Morgan fingerprint density at radius 2 is 2.09 bits per heavy atom. The number of hydrogen-bond acceptors (Lipinski definition) is 5. The van der Waals surface area contributed by atoms with Gasteiger partial charge in [-0.2, -0.15) is 0 Å². The largest absolute Gasteiger partial charge is 0.463 e. The van der Waals surface area contributed by atoms with Gasteiger partial charge in [0.25, 0.3) is 5.91 Å². The maximum atomic E-state index is 12.1. The second kappa shape index (κ2) is 6.62. The third-order valence-electron chi connectivity index (χ3n) is 3.10. The molecule has 3 rings (SSSR count). The summed E-state index contributed by atoms with van der Waals surface area (Å²) in [6.45, 7) is 3.56. The van der Waals surface area contributed by atoms with Gasteiger partial charge in [0.1, 0.15) is 0 Å². The number of para-hydroxylation sites is 1. The third kappa shape index (κ3) is 3.75. The lowest BCUT2D eigenvalue weighted by Gasteiger charge is -2.11. The standard InChI is InChI=1S/C16H16N4O2S/c1-11-10-23-16(17-11)18-15(21)12(2)22-14-8-9-20(19-14)13-6-4-3-5-7-13/h3-10,12H,1-2H3,(H,17,18,21)/t12-/m1/s1. The van der Waals surface area contributed by atoms with Crippen molar-refractivity contribution in [1.29, 1.82) is 0 Å². The van der Waals surface area contributed by atoms with Crippen molar-refractivity contribution in [1.82, 2.24) is 14.8 Å². The Balaban J connectivity index is 1.62. The first-order valence-corrected chi connectivity index (χ1v) is 8.00. The number of anilines is 1. The number of nitrogens with one attached hydrogen (secondary N) is 1. The topological polar surface area (TPSA) is 69.0 Å². The van der Waals surface area contributed by atoms with Crippen LogP contribution in [0.3, 0.4) is 0 Å². The maximum Gasteiger partial charge on any atom is 0.266 e. The smallest absolute Gasteiger partial charge is 0.266 e. The van der Waals surface area contributed by atoms with Gasteiger partial charge in [-0.25, -0.2) is 9.67 Å². The molecule has 0 saturated heterocycles. The van der Waals surface area contributed by atoms with Gasteiger partial charge < -0.3 is 4.74 Å². The number of hydrogen-bond donors (Lipinski definition) is 1. The van der Waals surface area contributed by atoms with E-state index >= 15 is 0 Å². The van der Waals surface area contributed by atoms with Gasteiger partial charge in [0.05, 0.1) is 11.4 Å². The fourth-order valence-corrected chi connectivity index (χ4v) is 2.64. The molecule has 0 unspecified atom stereocenters. The van der Waals surface area contributed by atoms with E-state index in [-0.39, 0.29) is 5.91 Å². The molecule has 1 aromatic carbocycles. The number of benzene rings is 1. The lowest BCUT2D eigenvalue weighted by atomic mass is 10.3. The van der Waals surface area contributed by atoms with E-state index in [0.29, 0.717) is 11.0 Å². The monoisotopic (exact) mass is 328 g/mol. The van der Waals surface area contributed by atoms with Gasteiger partial charge in [0.15, 0.2) is 11.2 Å². The minimum absolute atomic E-state index is 0.256. The van der Waals surface area contributed by atoms with Crippen molar-refractivity contribution in [2.24, 2.45) is 0 Å². The van der Waals surface area contributed by atoms with Gasteiger partial charge >= 0.3 is 0 Å². The van der Waals surface area contributed by atoms with E-state index in [1.807, 2.05) is 42.6 Å². The highest BCUT2D eigenvalue weighted by atomic mass is 32.1. The molecule has 3 aromatic rings. The van der Waals surface area contributed by atoms with Crippen LogP contribution < -0.4 is 10.1 Å². The lowest BCUT2D eigenvalue weighted by molar-refractivity contribution is -0.122. The number of rotatable bonds is 5. The number of thiazole rings is 1. The molecule has 0 aliphatic rings. The fraction of sp³-hybridized carbons (Fsp3) is 0.188. The summed E-state index contributed by atoms with van der Waals surface area (Å²) in [4.78, 5) is 16.3. The molecule has 118 valence electrons. The van der Waals surface area contributed by atoms with Crippen molar-refractivity contribution in [2.75, 3.05) is 5.32 Å². The molecule has 0 aliphatic heterocycles. The zero-order chi connectivity index (χ0) is 16.2. The molecule has 2 heterocycles. The van der Waals surface area contributed by atoms with Crippen LogP contribution in [-0.4, -0.2) is 26.8 Å². The summed E-state index contributed by atoms with van der Waals surface area (Å²) in [5.41, 5.74) is 1.80. The van der Waals surface area contributed by atoms with E-state index < -0.39 is 6.10 Å². The number of carbonyl (C=O) groups excluding carboxylic acids is 1. The molecule has 0 spiro atoms. The van der Waals surface area contributed by atoms with E-state index in [9.17, 15) is 4.79 Å². The highest BCUT2D eigenvalue weighted by Crippen LogP contribution is 2.16. The zero-order valence-corrected chi connectivity index (χ0v) is 13.6. The van der Waals surface area contributed by atoms with Crippen LogP contribution in [-0.2, 0) is 4.79 Å². The molecule has 6 nitrogen and oxygen atoms in total. The summed E-state index contributed by atoms with van der Waals surface area (Å²) in [5, 5.41) is 9.49. The highest BCUT2D eigenvalue weighted by molar-refractivity contribution is 7.13. The van der Waals surface area contributed by atoms with Crippen molar-refractivity contribution < 1.29 is 9.53 Å². The first kappa shape index (κ1) is 15.2. The normalized spacial score (nSPS) is 11.9. The Morgan fingerprint density at radius 1 is 1.30 bits per heavy atom. The van der Waals surface area contributed by atoms with Crippen molar-refractivity contribution >= 4 is 22.4 Å². The number of aromatic nitrogens is 3. The summed E-state index contributed by atoms with van der Waals surface area (Å²) < 4.78 is 7.29. The SMILES string of the molecule is Cc1csc(NC(=O)[C@@H](C)Oc2ccn(-c3ccccc3)n2)n1. The molecular weight excluding hydrogens is 312 g/mol. The van der Waals surface area contributed by atoms with Gasteiger partial charge in [0.2, 0.25) is 5.88 Å². The Morgan fingerprint density at radius 3 is 2.78 bits per heavy atom. The van der Waals surface area contributed by atoms with Crippen LogP contribution in [0.1, 0.15) is 12.6 Å². The quantitative estimate of drug-likeness (QED) is 0.781. The molecule has 1 atom stereocenters. The molecule has 7 heteroatoms. The molecule has 0 bridgehead atoms. The highest BCUT2D eigenvalue weighted by Gasteiger charge is 2.17. The summed E-state index contributed by atoms with van der Waals surface area (Å²) >= 11 is 1.38. The summed E-state index contributed by atoms with van der Waals surface area (Å²) in [6, 6.07) is 11.4. The Labute approximate surface area is 137 Å². The van der Waals surface area contributed by atoms with Crippen molar-refractivity contribution in [3.63, 3.8) is 0 Å². The Kier molecular flexibility index (Phi) is 4.38. The van der Waals surface area contributed by atoms with Crippen LogP contribution in [0.5, 0.6) is 5.88 Å². The van der Waals surface area contributed by atoms with E-state index in [0.717, 1.165) is 11.4 Å². The first-order valence-electron chi connectivity index (χ1n) is 7.12. The van der Waals surface area contributed by atoms with Crippen LogP contribution in [0.15, 0.2) is 48.0 Å². The van der Waals surface area contributed by atoms with Crippen LogP contribution in [0.4, 0.5) is 5.13 Å². The lowest BCUT2D eigenvalue weighted by Crippen LogP contribution is -2.30. The van der Waals surface area contributed by atoms with Crippen LogP contribution in [0, 0.1) is 6.92 Å². The Bertz CT molecular complexity index is 797. The van der Waals surface area contributed by atoms with Gasteiger partial charge in [-0.3, -0.25) is 10.1 Å². The molecule has 0 aliphatic carbocycles. The van der Waals surface area contributed by atoms with E-state index in [1.54, 1.807) is 23.9 Å². The van der Waals surface area contributed by atoms with Gasteiger partial charge in [-0.15, -0.1) is 16.4 Å². The molecule has 1 N–H and O–H groups in total. The third-order valence-corrected chi connectivity index (χ3v) is 3.98. The average molecular weight is 328 g/mol. The van der Waals surface area contributed by atoms with E-state index in [4.69, 9.17) is 4.74 Å². The maximum absolute atomic E-state index is 12.1. The molecule has 1 amide bonds. The van der Waals surface area contributed by atoms with Gasteiger partial charge in [-0.1, -0.05) is 18.2 Å². The van der Waals surface area contributed by atoms with Crippen LogP contribution in [0.2, 0.25) is 0 Å². The van der Waals surface area contributed by atoms with Crippen molar-refractivity contribution in [3.8, 4) is 11.6 Å². The minimum atomic E-state index is -0.668. The second-order valence-corrected chi connectivity index (χ2v) is 5.84. The molecular formula is C16H16N4O2S. The number of nitrogens with zero attached hydrogens (tertiary/aromatic N) is 3. The zero-order valence-electron chi connectivity index (χ0n) is 12.8. The number of ether oxygens (including phenoxy) is 1. The number of carbonyl (C=O) groups is 1. The summed E-state index contributed by atoms with van der Waals surface area (Å²) in [7, 11) is 0. The number of aryl methyl sites for hydroxylation is 1. The van der Waals surface area contributed by atoms with Crippen LogP contribution >= 0.6 is 11.3 Å². The van der Waals surface area contributed by atoms with Crippen molar-refractivity contribution in [3.05, 3.63) is 53.7 Å². The molecule has 0 fully saturated rings. The van der Waals surface area contributed by atoms with Crippen molar-refractivity contribution in [2.45, 2.75) is 20.0 Å². The van der Waals surface area contributed by atoms with Crippen LogP contribution in [0.25, 0.3) is 5.69 Å². The average Bonchev–Trinajstić information content (AvgIpc) is 3.17. The second-order valence-electron chi connectivity index (χ2n) is 4.98. The number of amides is 1. The fourth-order valence-electron chi connectivity index (χ4n) is 1.95. The first-order chi connectivity index (χ1) is 11.1.